The summed E-state index contributed by atoms with van der Waals surface area (Å²) in [7, 11) is 0. The van der Waals surface area contributed by atoms with Gasteiger partial charge in [0.15, 0.2) is 18.9 Å². The number of unbranched alkanes of at least 4 members (excludes halogenated alkanes) is 39. The fraction of sp³-hybridized carbons (Fsp3) is 0.866. The van der Waals surface area contributed by atoms with Crippen molar-refractivity contribution in [3.8, 4) is 0 Å². The smallest absolute Gasteiger partial charge is 0.220 e. The predicted molar refractivity (Wildman–Crippen MR) is 402 cm³/mol. The molecule has 3 saturated heterocycles. The average molecular weight is 1440 g/mol. The van der Waals surface area contributed by atoms with Gasteiger partial charge in [0.2, 0.25) is 5.91 Å². The molecule has 17 atom stereocenters. The number of carbonyl (C=O) groups is 1. The number of aliphatic hydroxyl groups excluding tert-OH is 11. The number of carbonyl (C=O) groups excluding carboxylic acids is 1. The van der Waals surface area contributed by atoms with Crippen LogP contribution in [0.25, 0.3) is 0 Å². The van der Waals surface area contributed by atoms with Gasteiger partial charge in [0, 0.05) is 6.42 Å². The maximum atomic E-state index is 13.5. The minimum absolute atomic E-state index is 0.247. The number of allylic oxidation sites excluding steroid dienone is 10. The first-order valence-corrected chi connectivity index (χ1v) is 41.0. The van der Waals surface area contributed by atoms with E-state index in [0.29, 0.717) is 12.8 Å². The van der Waals surface area contributed by atoms with E-state index in [1.807, 2.05) is 0 Å². The number of hydrogen-bond acceptors (Lipinski definition) is 18. The summed E-state index contributed by atoms with van der Waals surface area (Å²) < 4.78 is 34.5. The Kier molecular flexibility index (Phi) is 57.4. The first-order chi connectivity index (χ1) is 49.3. The first kappa shape index (κ1) is 92.7. The Morgan fingerprint density at radius 1 is 0.366 bits per heavy atom. The van der Waals surface area contributed by atoms with Gasteiger partial charge in [0.05, 0.1) is 38.6 Å². The van der Waals surface area contributed by atoms with Crippen molar-refractivity contribution in [2.24, 2.45) is 0 Å². The molecule has 0 aromatic carbocycles. The molecule has 3 fully saturated rings. The number of rotatable bonds is 65. The number of amides is 1. The summed E-state index contributed by atoms with van der Waals surface area (Å²) in [6.07, 6.45) is 53.1. The van der Waals surface area contributed by atoms with E-state index >= 15 is 0 Å². The van der Waals surface area contributed by atoms with Crippen LogP contribution in [0.15, 0.2) is 60.8 Å². The van der Waals surface area contributed by atoms with Crippen molar-refractivity contribution in [1.29, 1.82) is 0 Å². The fourth-order valence-electron chi connectivity index (χ4n) is 13.8. The van der Waals surface area contributed by atoms with Crippen molar-refractivity contribution in [3.63, 3.8) is 0 Å². The Balaban J connectivity index is 1.36. The molecule has 3 heterocycles. The van der Waals surface area contributed by atoms with E-state index in [1.54, 1.807) is 0 Å². The van der Waals surface area contributed by atoms with Gasteiger partial charge in [-0.15, -0.1) is 0 Å². The van der Waals surface area contributed by atoms with Gasteiger partial charge in [-0.2, -0.15) is 0 Å². The average Bonchev–Trinajstić information content (AvgIpc) is 0.782. The zero-order valence-corrected chi connectivity index (χ0v) is 63.1. The molecule has 0 aromatic rings. The van der Waals surface area contributed by atoms with E-state index in [4.69, 9.17) is 28.4 Å². The monoisotopic (exact) mass is 1440 g/mol. The summed E-state index contributed by atoms with van der Waals surface area (Å²) in [5.74, 6) is -0.247. The van der Waals surface area contributed by atoms with E-state index in [1.165, 1.54) is 199 Å². The van der Waals surface area contributed by atoms with Crippen LogP contribution in [0.3, 0.4) is 0 Å². The van der Waals surface area contributed by atoms with Crippen molar-refractivity contribution < 1.29 is 89.4 Å². The second-order valence-corrected chi connectivity index (χ2v) is 29.2. The van der Waals surface area contributed by atoms with Crippen LogP contribution in [0.2, 0.25) is 0 Å². The second-order valence-electron chi connectivity index (χ2n) is 29.2. The van der Waals surface area contributed by atoms with E-state index in [9.17, 15) is 61.0 Å². The lowest BCUT2D eigenvalue weighted by molar-refractivity contribution is -0.379. The van der Waals surface area contributed by atoms with Crippen LogP contribution >= 0.6 is 0 Å². The van der Waals surface area contributed by atoms with Crippen LogP contribution in [0, 0.1) is 0 Å². The summed E-state index contributed by atoms with van der Waals surface area (Å²) in [4.78, 5) is 13.5. The van der Waals surface area contributed by atoms with Crippen LogP contribution in [-0.2, 0) is 33.2 Å². The number of hydrogen-bond donors (Lipinski definition) is 12. The molecular weight excluding hydrogens is 1290 g/mol. The molecule has 590 valence electrons. The molecule has 1 amide bonds. The highest BCUT2D eigenvalue weighted by atomic mass is 16.8. The van der Waals surface area contributed by atoms with Gasteiger partial charge in [-0.3, -0.25) is 4.79 Å². The van der Waals surface area contributed by atoms with Gasteiger partial charge in [-0.1, -0.05) is 319 Å². The third kappa shape index (κ3) is 42.6. The lowest BCUT2D eigenvalue weighted by atomic mass is 9.96. The minimum Gasteiger partial charge on any atom is -0.394 e. The van der Waals surface area contributed by atoms with Gasteiger partial charge in [0.1, 0.15) is 73.2 Å². The zero-order chi connectivity index (χ0) is 73.2. The lowest BCUT2D eigenvalue weighted by Crippen LogP contribution is -2.66. The molecule has 12 N–H and O–H groups in total. The van der Waals surface area contributed by atoms with Crippen LogP contribution in [0.4, 0.5) is 0 Å². The number of ether oxygens (including phenoxy) is 6. The SMILES string of the molecule is CC/C=C\C/C=C\C/C=C\C/C=C\C/C=C\CCCCCCCCCCCC(=O)NC(COC1OC(CO)C(OC2OC(CO)C(OC3OC(CO)C(O)C(O)C3O)C(O)C2O)C(O)C1O)C(O)CCCCCCCCCCCCCCCCCCCCCCCCCCCCCCCCC. The minimum atomic E-state index is -1.98. The fourth-order valence-corrected chi connectivity index (χ4v) is 13.8. The highest BCUT2D eigenvalue weighted by Crippen LogP contribution is 2.33. The summed E-state index contributed by atoms with van der Waals surface area (Å²) in [5, 5.41) is 121. The Labute approximate surface area is 611 Å². The molecule has 0 radical (unpaired) electrons. The van der Waals surface area contributed by atoms with Gasteiger partial charge in [-0.05, 0) is 57.8 Å². The summed E-state index contributed by atoms with van der Waals surface area (Å²) in [5.41, 5.74) is 0. The molecule has 0 saturated carbocycles. The van der Waals surface area contributed by atoms with Crippen molar-refractivity contribution in [2.75, 3.05) is 26.4 Å². The van der Waals surface area contributed by atoms with Crippen LogP contribution in [-0.4, -0.2) is 193 Å². The molecule has 0 bridgehead atoms. The largest absolute Gasteiger partial charge is 0.394 e. The molecule has 19 heteroatoms. The Morgan fingerprint density at radius 2 is 0.683 bits per heavy atom. The molecule has 3 rings (SSSR count). The highest BCUT2D eigenvalue weighted by Gasteiger charge is 2.54. The molecule has 3 aliphatic rings. The maximum absolute atomic E-state index is 13.5. The maximum Gasteiger partial charge on any atom is 0.220 e. The quantitative estimate of drug-likeness (QED) is 0.0199. The summed E-state index contributed by atoms with van der Waals surface area (Å²) in [6.45, 7) is 1.72. The molecule has 0 aromatic heterocycles. The van der Waals surface area contributed by atoms with Crippen LogP contribution < -0.4 is 5.32 Å². The molecule has 0 spiro atoms. The van der Waals surface area contributed by atoms with Crippen LogP contribution in [0.1, 0.15) is 322 Å². The van der Waals surface area contributed by atoms with Crippen LogP contribution in [0.5, 0.6) is 0 Å². The van der Waals surface area contributed by atoms with Gasteiger partial charge in [-0.25, -0.2) is 0 Å². The Hall–Kier alpha value is -2.51. The van der Waals surface area contributed by atoms with Gasteiger partial charge >= 0.3 is 0 Å². The summed E-state index contributed by atoms with van der Waals surface area (Å²) >= 11 is 0. The first-order valence-electron chi connectivity index (χ1n) is 41.0. The van der Waals surface area contributed by atoms with Gasteiger partial charge < -0.3 is 89.9 Å². The molecule has 19 nitrogen and oxygen atoms in total. The Bertz CT molecular complexity index is 2060. The summed E-state index contributed by atoms with van der Waals surface area (Å²) in [6, 6.07) is -0.896. The third-order valence-corrected chi connectivity index (χ3v) is 20.4. The predicted octanol–water partition coefficient (Wildman–Crippen LogP) is 13.8. The molecule has 101 heavy (non-hydrogen) atoms. The zero-order valence-electron chi connectivity index (χ0n) is 63.1. The van der Waals surface area contributed by atoms with E-state index in [2.05, 4.69) is 79.9 Å². The van der Waals surface area contributed by atoms with Gasteiger partial charge in [0.25, 0.3) is 0 Å². The van der Waals surface area contributed by atoms with E-state index < -0.39 is 124 Å². The van der Waals surface area contributed by atoms with E-state index in [-0.39, 0.29) is 18.9 Å². The van der Waals surface area contributed by atoms with Crippen molar-refractivity contribution in [2.45, 2.75) is 426 Å². The normalized spacial score (nSPS) is 26.6. The molecular formula is C82H149NO18. The van der Waals surface area contributed by atoms with E-state index in [0.717, 1.165) is 89.9 Å². The Morgan fingerprint density at radius 3 is 1.07 bits per heavy atom. The highest BCUT2D eigenvalue weighted by molar-refractivity contribution is 5.76. The second kappa shape index (κ2) is 62.5. The third-order valence-electron chi connectivity index (χ3n) is 20.4. The van der Waals surface area contributed by atoms with Crippen molar-refractivity contribution in [1.82, 2.24) is 5.32 Å². The lowest BCUT2D eigenvalue weighted by Gasteiger charge is -2.48. The number of nitrogens with one attached hydrogen (secondary N) is 1. The molecule has 0 aliphatic carbocycles. The molecule has 3 aliphatic heterocycles. The topological polar surface area (TPSA) is 307 Å². The standard InChI is InChI=1S/C82H149NO18/c1-3-5-7-9-11-13-15-17-19-21-23-25-27-29-30-31-32-33-34-36-37-39-41-43-45-47-49-51-53-55-57-59-66(87)65(83-70(88)60-58-56-54-52-50-48-46-44-42-40-38-35-28-26-24-22-20-18-16-14-12-10-8-6-4-2)64-96-80-76(94)73(91)78(68(62-85)98-80)101-82-77(95)74(92)79(69(63-86)99-82)100-81-75(93)72(90)71(89)67(61-84)97-81/h6,8,12,14,18,20,24,26,35,38,65-69,71-82,84-87,89-95H,3-5,7,9-11,13,15-17,19,21-23,25,27-34,36-37,39-64H2,1-2H3,(H,83,88)/b8-6-,14-12-,20-18-,26-24-,38-35-. The van der Waals surface area contributed by atoms with Crippen molar-refractivity contribution >= 4 is 5.91 Å². The molecule has 17 unspecified atom stereocenters. The van der Waals surface area contributed by atoms with Crippen molar-refractivity contribution in [3.05, 3.63) is 60.8 Å². The number of aliphatic hydroxyl groups is 11.